The van der Waals surface area contributed by atoms with Gasteiger partial charge in [0.05, 0.1) is 16.0 Å². The molecule has 1 aliphatic heterocycles. The first-order valence-electron chi connectivity index (χ1n) is 10.6. The third kappa shape index (κ3) is 4.27. The summed E-state index contributed by atoms with van der Waals surface area (Å²) in [4.78, 5) is 19.9. The number of hydrogen-bond acceptors (Lipinski definition) is 6. The Bertz CT molecular complexity index is 1210. The van der Waals surface area contributed by atoms with Crippen molar-refractivity contribution in [2.45, 2.75) is 42.5 Å². The van der Waals surface area contributed by atoms with Gasteiger partial charge in [-0.25, -0.2) is 13.4 Å². The quantitative estimate of drug-likeness (QED) is 0.622. The molecular weight excluding hydrogens is 444 g/mol. The molecule has 0 N–H and O–H groups in total. The number of aryl methyl sites for hydroxylation is 2. The van der Waals surface area contributed by atoms with Crippen molar-refractivity contribution in [1.82, 2.24) is 14.2 Å². The van der Waals surface area contributed by atoms with Crippen molar-refractivity contribution in [3.8, 4) is 6.07 Å². The zero-order valence-corrected chi connectivity index (χ0v) is 20.1. The van der Waals surface area contributed by atoms with E-state index in [1.807, 2.05) is 25.3 Å². The number of nitriles is 1. The van der Waals surface area contributed by atoms with Crippen LogP contribution in [0.4, 0.5) is 0 Å². The van der Waals surface area contributed by atoms with Gasteiger partial charge in [-0.1, -0.05) is 12.1 Å². The van der Waals surface area contributed by atoms with Crippen LogP contribution < -0.4 is 0 Å². The lowest BCUT2D eigenvalue weighted by Gasteiger charge is -2.34. The lowest BCUT2D eigenvalue weighted by Crippen LogP contribution is -2.50. The number of hydrogen-bond donors (Lipinski definition) is 0. The first-order valence-corrected chi connectivity index (χ1v) is 13.3. The Kier molecular flexibility index (Phi) is 6.30. The number of sulfonamides is 1. The number of rotatable bonds is 5. The third-order valence-corrected chi connectivity index (χ3v) is 8.75. The van der Waals surface area contributed by atoms with E-state index >= 15 is 0 Å². The van der Waals surface area contributed by atoms with E-state index in [4.69, 9.17) is 0 Å². The summed E-state index contributed by atoms with van der Waals surface area (Å²) in [6.45, 7) is 4.67. The highest BCUT2D eigenvalue weighted by atomic mass is 32.2. The number of aromatic nitrogens is 1. The molecule has 0 spiro atoms. The largest absolute Gasteiger partial charge is 0.336 e. The van der Waals surface area contributed by atoms with Gasteiger partial charge in [0, 0.05) is 37.8 Å². The van der Waals surface area contributed by atoms with Crippen LogP contribution in [0.15, 0.2) is 34.2 Å². The number of nitrogens with zero attached hydrogens (tertiary/aromatic N) is 4. The molecule has 1 saturated heterocycles. The molecule has 0 unspecified atom stereocenters. The van der Waals surface area contributed by atoms with Crippen molar-refractivity contribution in [2.24, 2.45) is 0 Å². The summed E-state index contributed by atoms with van der Waals surface area (Å²) in [7, 11) is -3.63. The van der Waals surface area contributed by atoms with Crippen LogP contribution in [-0.4, -0.2) is 60.9 Å². The van der Waals surface area contributed by atoms with E-state index in [9.17, 15) is 18.5 Å². The molecule has 2 fully saturated rings. The van der Waals surface area contributed by atoms with Crippen molar-refractivity contribution >= 4 is 27.7 Å². The third-order valence-electron chi connectivity index (χ3n) is 6.02. The summed E-state index contributed by atoms with van der Waals surface area (Å²) in [6, 6.07) is 9.32. The summed E-state index contributed by atoms with van der Waals surface area (Å²) in [6.07, 6.45) is 3.95. The highest BCUT2D eigenvalue weighted by Crippen LogP contribution is 2.40. The molecule has 168 valence electrons. The zero-order valence-electron chi connectivity index (χ0n) is 18.5. The van der Waals surface area contributed by atoms with Crippen molar-refractivity contribution in [2.75, 3.05) is 32.4 Å². The molecule has 1 aliphatic carbocycles. The molecule has 1 aromatic carbocycles. The van der Waals surface area contributed by atoms with E-state index in [-0.39, 0.29) is 32.1 Å². The fourth-order valence-corrected chi connectivity index (χ4v) is 6.27. The second-order valence-corrected chi connectivity index (χ2v) is 11.0. The van der Waals surface area contributed by atoms with Gasteiger partial charge in [-0.2, -0.15) is 9.57 Å². The SMILES string of the molecule is CSc1nc(C2CC2)cc(C(=O)N2CCN(S(=O)(=O)c3cc(C)ccc3C)CC2)c1C#N. The van der Waals surface area contributed by atoms with Gasteiger partial charge in [0.2, 0.25) is 10.0 Å². The standard InChI is InChI=1S/C23H26N4O3S2/c1-15-4-5-16(2)21(12-15)32(29,30)27-10-8-26(9-11-27)23(28)18-13-20(17-6-7-17)25-22(31-3)19(18)14-24/h4-5,12-13,17H,6-11H2,1-3H3. The number of thioether (sulfide) groups is 1. The molecule has 7 nitrogen and oxygen atoms in total. The number of amides is 1. The van der Waals surface area contributed by atoms with E-state index in [0.717, 1.165) is 24.1 Å². The number of pyridine rings is 1. The van der Waals surface area contributed by atoms with Crippen LogP contribution in [0.1, 0.15) is 51.5 Å². The van der Waals surface area contributed by atoms with Crippen molar-refractivity contribution < 1.29 is 13.2 Å². The molecule has 0 bridgehead atoms. The Hall–Kier alpha value is -2.41. The molecule has 32 heavy (non-hydrogen) atoms. The van der Waals surface area contributed by atoms with Gasteiger partial charge in [0.25, 0.3) is 5.91 Å². The van der Waals surface area contributed by atoms with Crippen LogP contribution in [0.2, 0.25) is 0 Å². The Labute approximate surface area is 193 Å². The number of carbonyl (C=O) groups is 1. The Morgan fingerprint density at radius 1 is 1.16 bits per heavy atom. The van der Waals surface area contributed by atoms with Crippen LogP contribution in [-0.2, 0) is 10.0 Å². The van der Waals surface area contributed by atoms with Crippen LogP contribution in [0.5, 0.6) is 0 Å². The van der Waals surface area contributed by atoms with Gasteiger partial charge in [0.15, 0.2) is 0 Å². The molecule has 1 saturated carbocycles. The molecule has 1 aromatic heterocycles. The maximum atomic E-state index is 13.3. The highest BCUT2D eigenvalue weighted by Gasteiger charge is 2.34. The summed E-state index contributed by atoms with van der Waals surface area (Å²) < 4.78 is 27.8. The lowest BCUT2D eigenvalue weighted by molar-refractivity contribution is 0.0697. The first-order chi connectivity index (χ1) is 15.3. The molecule has 0 atom stereocenters. The number of carbonyl (C=O) groups excluding carboxylic acids is 1. The molecule has 1 amide bonds. The Morgan fingerprint density at radius 2 is 1.84 bits per heavy atom. The van der Waals surface area contributed by atoms with Gasteiger partial charge < -0.3 is 4.90 Å². The van der Waals surface area contributed by atoms with E-state index < -0.39 is 10.0 Å². The minimum atomic E-state index is -3.63. The van der Waals surface area contributed by atoms with Crippen molar-refractivity contribution in [1.29, 1.82) is 5.26 Å². The number of benzene rings is 1. The molecule has 2 heterocycles. The van der Waals surface area contributed by atoms with Gasteiger partial charge in [-0.3, -0.25) is 4.79 Å². The summed E-state index contributed by atoms with van der Waals surface area (Å²) in [5.74, 6) is 0.129. The van der Waals surface area contributed by atoms with Crippen LogP contribution in [0.25, 0.3) is 0 Å². The zero-order chi connectivity index (χ0) is 23.0. The average Bonchev–Trinajstić information content (AvgIpc) is 3.64. The summed E-state index contributed by atoms with van der Waals surface area (Å²) in [5, 5.41) is 10.3. The Balaban J connectivity index is 1.55. The minimum Gasteiger partial charge on any atom is -0.336 e. The summed E-state index contributed by atoms with van der Waals surface area (Å²) >= 11 is 1.37. The number of piperazine rings is 1. The monoisotopic (exact) mass is 470 g/mol. The predicted molar refractivity (Wildman–Crippen MR) is 123 cm³/mol. The normalized spacial score (nSPS) is 17.2. The molecule has 0 radical (unpaired) electrons. The lowest BCUT2D eigenvalue weighted by atomic mass is 10.1. The van der Waals surface area contributed by atoms with Gasteiger partial charge in [0.1, 0.15) is 11.1 Å². The molecular formula is C23H26N4O3S2. The van der Waals surface area contributed by atoms with E-state index in [0.29, 0.717) is 32.5 Å². The van der Waals surface area contributed by atoms with Gasteiger partial charge >= 0.3 is 0 Å². The molecule has 2 aliphatic rings. The van der Waals surface area contributed by atoms with Crippen molar-refractivity contribution in [3.63, 3.8) is 0 Å². The fourth-order valence-electron chi connectivity index (χ4n) is 3.98. The second kappa shape index (κ2) is 8.85. The van der Waals surface area contributed by atoms with Crippen LogP contribution in [0.3, 0.4) is 0 Å². The first kappa shape index (κ1) is 22.8. The Morgan fingerprint density at radius 3 is 2.44 bits per heavy atom. The average molecular weight is 471 g/mol. The summed E-state index contributed by atoms with van der Waals surface area (Å²) in [5.41, 5.74) is 3.15. The second-order valence-electron chi connectivity index (χ2n) is 8.33. The highest BCUT2D eigenvalue weighted by molar-refractivity contribution is 7.98. The van der Waals surface area contributed by atoms with Crippen LogP contribution in [0, 0.1) is 25.2 Å². The minimum absolute atomic E-state index is 0.222. The molecule has 2 aromatic rings. The molecule has 9 heteroatoms. The van der Waals surface area contributed by atoms with E-state index in [1.165, 1.54) is 16.1 Å². The predicted octanol–water partition coefficient (Wildman–Crippen LogP) is 3.32. The maximum Gasteiger partial charge on any atom is 0.255 e. The van der Waals surface area contributed by atoms with Crippen LogP contribution >= 0.6 is 11.8 Å². The van der Waals surface area contributed by atoms with Gasteiger partial charge in [-0.05, 0) is 56.2 Å². The fraction of sp³-hybridized carbons (Fsp3) is 0.435. The van der Waals surface area contributed by atoms with E-state index in [2.05, 4.69) is 11.1 Å². The van der Waals surface area contributed by atoms with Gasteiger partial charge in [-0.15, -0.1) is 11.8 Å². The molecule has 4 rings (SSSR count). The smallest absolute Gasteiger partial charge is 0.255 e. The van der Waals surface area contributed by atoms with E-state index in [1.54, 1.807) is 24.0 Å². The topological polar surface area (TPSA) is 94.4 Å². The van der Waals surface area contributed by atoms with Crippen molar-refractivity contribution in [3.05, 3.63) is 52.2 Å². The maximum absolute atomic E-state index is 13.3.